The molecule has 0 aliphatic carbocycles. The first-order valence-corrected chi connectivity index (χ1v) is 9.53. The highest BCUT2D eigenvalue weighted by Gasteiger charge is 2.30. The lowest BCUT2D eigenvalue weighted by Crippen LogP contribution is -2.19. The van der Waals surface area contributed by atoms with Crippen LogP contribution in [0.25, 0.3) is 0 Å². The molecule has 0 saturated carbocycles. The third-order valence-electron chi connectivity index (χ3n) is 4.80. The molecule has 8 nitrogen and oxygen atoms in total. The van der Waals surface area contributed by atoms with Gasteiger partial charge in [0.25, 0.3) is 5.69 Å². The Kier molecular flexibility index (Phi) is 6.46. The number of carbonyl (C=O) groups excluding carboxylic acids is 1. The molecule has 2 aromatic rings. The van der Waals surface area contributed by atoms with Crippen LogP contribution in [0.5, 0.6) is 5.75 Å². The Labute approximate surface area is 174 Å². The van der Waals surface area contributed by atoms with E-state index in [-0.39, 0.29) is 18.3 Å². The van der Waals surface area contributed by atoms with Crippen molar-refractivity contribution in [1.82, 2.24) is 5.01 Å². The van der Waals surface area contributed by atoms with Crippen LogP contribution in [-0.2, 0) is 9.53 Å². The number of methoxy groups -OCH3 is 1. The van der Waals surface area contributed by atoms with Crippen molar-refractivity contribution in [2.24, 2.45) is 5.10 Å². The number of carbonyl (C=O) groups is 1. The van der Waals surface area contributed by atoms with Gasteiger partial charge in [0.1, 0.15) is 5.75 Å². The average molecular weight is 409 g/mol. The second-order valence-corrected chi connectivity index (χ2v) is 6.73. The SMILES string of the molecule is CCOC(=O)C=C(C)N1N=C(c2ccc(OC)cc2)C[C@H]1c1ccc([N+](=O)[O-])cc1. The highest BCUT2D eigenvalue weighted by molar-refractivity contribution is 6.02. The summed E-state index contributed by atoms with van der Waals surface area (Å²) in [5.74, 6) is 0.310. The summed E-state index contributed by atoms with van der Waals surface area (Å²) in [7, 11) is 1.61. The van der Waals surface area contributed by atoms with Gasteiger partial charge in [0.05, 0.1) is 30.4 Å². The van der Waals surface area contributed by atoms with Crippen molar-refractivity contribution in [1.29, 1.82) is 0 Å². The molecule has 1 aliphatic heterocycles. The van der Waals surface area contributed by atoms with Crippen LogP contribution in [0.2, 0.25) is 0 Å². The van der Waals surface area contributed by atoms with Crippen molar-refractivity contribution >= 4 is 17.4 Å². The summed E-state index contributed by atoms with van der Waals surface area (Å²) in [6.45, 7) is 3.82. The van der Waals surface area contributed by atoms with E-state index in [1.165, 1.54) is 18.2 Å². The summed E-state index contributed by atoms with van der Waals surface area (Å²) in [5.41, 5.74) is 3.30. The van der Waals surface area contributed by atoms with Gasteiger partial charge in [-0.15, -0.1) is 0 Å². The summed E-state index contributed by atoms with van der Waals surface area (Å²) in [4.78, 5) is 22.5. The standard InChI is InChI=1S/C22H23N3O5/c1-4-30-22(26)13-15(2)24-21(17-5-9-18(10-6-17)25(27)28)14-20(23-24)16-7-11-19(29-3)12-8-16/h5-13,21H,4,14H2,1-3H3/t21-/m0/s1. The van der Waals surface area contributed by atoms with Crippen LogP contribution in [0.4, 0.5) is 5.69 Å². The van der Waals surface area contributed by atoms with Gasteiger partial charge in [0.15, 0.2) is 0 Å². The highest BCUT2D eigenvalue weighted by atomic mass is 16.6. The Bertz CT molecular complexity index is 981. The summed E-state index contributed by atoms with van der Waals surface area (Å²) in [6, 6.07) is 13.8. The molecule has 156 valence electrons. The number of benzene rings is 2. The molecule has 3 rings (SSSR count). The van der Waals surface area contributed by atoms with E-state index in [0.29, 0.717) is 12.1 Å². The number of nitrogens with zero attached hydrogens (tertiary/aromatic N) is 3. The number of esters is 1. The number of non-ortho nitro benzene ring substituents is 1. The number of nitro groups is 1. The number of rotatable bonds is 7. The van der Waals surface area contributed by atoms with Crippen LogP contribution >= 0.6 is 0 Å². The monoisotopic (exact) mass is 409 g/mol. The summed E-state index contributed by atoms with van der Waals surface area (Å²) < 4.78 is 10.2. The first-order valence-electron chi connectivity index (χ1n) is 9.53. The first kappa shape index (κ1) is 21.0. The molecule has 30 heavy (non-hydrogen) atoms. The van der Waals surface area contributed by atoms with Crippen LogP contribution in [0.1, 0.15) is 37.4 Å². The number of nitro benzene ring substituents is 1. The molecule has 1 atom stereocenters. The fourth-order valence-electron chi connectivity index (χ4n) is 3.29. The third kappa shape index (κ3) is 4.65. The lowest BCUT2D eigenvalue weighted by Gasteiger charge is -2.24. The lowest BCUT2D eigenvalue weighted by atomic mass is 9.98. The van der Waals surface area contributed by atoms with Crippen molar-refractivity contribution in [2.75, 3.05) is 13.7 Å². The molecule has 0 unspecified atom stereocenters. The van der Waals surface area contributed by atoms with Gasteiger partial charge >= 0.3 is 5.97 Å². The van der Waals surface area contributed by atoms with Gasteiger partial charge in [-0.1, -0.05) is 12.1 Å². The van der Waals surface area contributed by atoms with E-state index in [2.05, 4.69) is 0 Å². The van der Waals surface area contributed by atoms with E-state index in [1.54, 1.807) is 38.1 Å². The minimum absolute atomic E-state index is 0.0263. The van der Waals surface area contributed by atoms with Gasteiger partial charge in [-0.25, -0.2) is 4.79 Å². The lowest BCUT2D eigenvalue weighted by molar-refractivity contribution is -0.384. The second-order valence-electron chi connectivity index (χ2n) is 6.73. The molecule has 0 amide bonds. The zero-order valence-electron chi connectivity index (χ0n) is 17.1. The second kappa shape index (κ2) is 9.21. The van der Waals surface area contributed by atoms with Crippen molar-refractivity contribution in [3.05, 3.63) is 81.5 Å². The van der Waals surface area contributed by atoms with Gasteiger partial charge in [0.2, 0.25) is 0 Å². The van der Waals surface area contributed by atoms with Crippen molar-refractivity contribution in [3.63, 3.8) is 0 Å². The van der Waals surface area contributed by atoms with Crippen LogP contribution < -0.4 is 4.74 Å². The molecule has 8 heteroatoms. The Morgan fingerprint density at radius 3 is 2.47 bits per heavy atom. The average Bonchev–Trinajstić information content (AvgIpc) is 3.19. The van der Waals surface area contributed by atoms with Crippen molar-refractivity contribution in [2.45, 2.75) is 26.3 Å². The topological polar surface area (TPSA) is 94.3 Å². The molecule has 0 spiro atoms. The van der Waals surface area contributed by atoms with Crippen molar-refractivity contribution < 1.29 is 19.2 Å². The number of ether oxygens (including phenoxy) is 2. The fraction of sp³-hybridized carbons (Fsp3) is 0.273. The maximum atomic E-state index is 11.9. The molecular formula is C22H23N3O5. The van der Waals surface area contributed by atoms with Gasteiger partial charge < -0.3 is 9.47 Å². The number of hydrogen-bond donors (Lipinski definition) is 0. The van der Waals surface area contributed by atoms with E-state index in [4.69, 9.17) is 14.6 Å². The molecule has 1 aliphatic rings. The molecular weight excluding hydrogens is 386 g/mol. The molecule has 0 N–H and O–H groups in total. The quantitative estimate of drug-likeness (QED) is 0.294. The van der Waals surface area contributed by atoms with Crippen LogP contribution in [-0.4, -0.2) is 35.3 Å². The fourth-order valence-corrected chi connectivity index (χ4v) is 3.29. The van der Waals surface area contributed by atoms with Gasteiger partial charge in [-0.2, -0.15) is 5.10 Å². The van der Waals surface area contributed by atoms with E-state index in [0.717, 1.165) is 22.6 Å². The smallest absolute Gasteiger partial charge is 0.332 e. The minimum Gasteiger partial charge on any atom is -0.497 e. The van der Waals surface area contributed by atoms with Gasteiger partial charge in [-0.3, -0.25) is 15.1 Å². The zero-order chi connectivity index (χ0) is 21.7. The van der Waals surface area contributed by atoms with E-state index in [9.17, 15) is 14.9 Å². The molecule has 1 heterocycles. The van der Waals surface area contributed by atoms with E-state index in [1.807, 2.05) is 24.3 Å². The zero-order valence-corrected chi connectivity index (χ0v) is 17.1. The van der Waals surface area contributed by atoms with E-state index < -0.39 is 10.9 Å². The maximum absolute atomic E-state index is 11.9. The highest BCUT2D eigenvalue weighted by Crippen LogP contribution is 2.36. The predicted octanol–water partition coefficient (Wildman–Crippen LogP) is 4.22. The molecule has 2 aromatic carbocycles. The molecule has 0 saturated heterocycles. The van der Waals surface area contributed by atoms with E-state index >= 15 is 0 Å². The Morgan fingerprint density at radius 2 is 1.90 bits per heavy atom. The molecule has 0 fully saturated rings. The maximum Gasteiger partial charge on any atom is 0.332 e. The first-order chi connectivity index (χ1) is 14.4. The van der Waals surface area contributed by atoms with Crippen LogP contribution in [0.3, 0.4) is 0 Å². The van der Waals surface area contributed by atoms with Crippen LogP contribution in [0.15, 0.2) is 65.4 Å². The molecule has 0 aromatic heterocycles. The summed E-state index contributed by atoms with van der Waals surface area (Å²) in [6.07, 6.45) is 1.99. The molecule has 0 radical (unpaired) electrons. The Balaban J connectivity index is 1.95. The normalized spacial score (nSPS) is 16.2. The Morgan fingerprint density at radius 1 is 1.23 bits per heavy atom. The van der Waals surface area contributed by atoms with Crippen molar-refractivity contribution in [3.8, 4) is 5.75 Å². The predicted molar refractivity (Wildman–Crippen MR) is 112 cm³/mol. The van der Waals surface area contributed by atoms with Gasteiger partial charge in [-0.05, 0) is 49.2 Å². The summed E-state index contributed by atoms with van der Waals surface area (Å²) >= 11 is 0. The Hall–Kier alpha value is -3.68. The minimum atomic E-state index is -0.439. The molecule has 0 bridgehead atoms. The number of hydrogen-bond acceptors (Lipinski definition) is 7. The van der Waals surface area contributed by atoms with Gasteiger partial charge in [0, 0.05) is 30.3 Å². The number of allylic oxidation sites excluding steroid dienone is 1. The summed E-state index contributed by atoms with van der Waals surface area (Å²) in [5, 5.41) is 17.5. The number of hydrazone groups is 1. The van der Waals surface area contributed by atoms with Crippen LogP contribution in [0, 0.1) is 10.1 Å². The largest absolute Gasteiger partial charge is 0.497 e. The third-order valence-corrected chi connectivity index (χ3v) is 4.80.